The van der Waals surface area contributed by atoms with Crippen LogP contribution in [0.5, 0.6) is 0 Å². The zero-order valence-electron chi connectivity index (χ0n) is 15.9. The molecule has 29 heavy (non-hydrogen) atoms. The second-order valence-electron chi connectivity index (χ2n) is 7.18. The van der Waals surface area contributed by atoms with Crippen LogP contribution in [0.4, 0.5) is 18.9 Å². The highest BCUT2D eigenvalue weighted by molar-refractivity contribution is 6.03. The lowest BCUT2D eigenvalue weighted by atomic mass is 10.0. The molecular formula is C19H22F3N5O2. The number of alkyl halides is 3. The van der Waals surface area contributed by atoms with Crippen molar-refractivity contribution in [2.45, 2.75) is 45.2 Å². The number of aryl methyl sites for hydroxylation is 1. The maximum Gasteiger partial charge on any atom is 0.451 e. The van der Waals surface area contributed by atoms with Crippen molar-refractivity contribution in [1.82, 2.24) is 20.5 Å². The molecular weight excluding hydrogens is 387 g/mol. The molecule has 1 aromatic heterocycles. The minimum Gasteiger partial charge on any atom is -0.352 e. The third-order valence-electron chi connectivity index (χ3n) is 5.02. The Morgan fingerprint density at radius 3 is 2.59 bits per heavy atom. The molecule has 0 radical (unpaired) electrons. The smallest absolute Gasteiger partial charge is 0.352 e. The first-order valence-electron chi connectivity index (χ1n) is 9.44. The Labute approximate surface area is 165 Å². The normalized spacial score (nSPS) is 14.8. The summed E-state index contributed by atoms with van der Waals surface area (Å²) in [5.41, 5.74) is 1.30. The van der Waals surface area contributed by atoms with E-state index in [0.717, 1.165) is 6.42 Å². The molecule has 0 aliphatic heterocycles. The van der Waals surface area contributed by atoms with Crippen LogP contribution in [0.1, 0.15) is 64.5 Å². The Morgan fingerprint density at radius 1 is 1.21 bits per heavy atom. The van der Waals surface area contributed by atoms with E-state index >= 15 is 0 Å². The van der Waals surface area contributed by atoms with E-state index in [2.05, 4.69) is 20.7 Å². The number of hydrogen-bond acceptors (Lipinski definition) is 4. The predicted octanol–water partition coefficient (Wildman–Crippen LogP) is 3.69. The standard InChI is InChI=1S/C19H22F3N5O2/c1-11-6-7-13(16(28)23-9-8-12-4-2-3-5-12)10-14(11)24-17(29)15-25-18(27-26-15)19(20,21)22/h6-7,10,12H,2-5,8-9H2,1H3,(H,23,28)(H,24,29)(H,25,26,27). The van der Waals surface area contributed by atoms with E-state index in [4.69, 9.17) is 0 Å². The molecule has 2 amide bonds. The zero-order valence-corrected chi connectivity index (χ0v) is 15.9. The van der Waals surface area contributed by atoms with Gasteiger partial charge in [-0.1, -0.05) is 31.7 Å². The molecule has 156 valence electrons. The van der Waals surface area contributed by atoms with Crippen LogP contribution < -0.4 is 10.6 Å². The van der Waals surface area contributed by atoms with Crippen molar-refractivity contribution in [2.24, 2.45) is 5.92 Å². The van der Waals surface area contributed by atoms with Crippen LogP contribution in [-0.2, 0) is 6.18 Å². The fourth-order valence-corrected chi connectivity index (χ4v) is 3.36. The first-order chi connectivity index (χ1) is 13.7. The van der Waals surface area contributed by atoms with Crippen LogP contribution >= 0.6 is 0 Å². The van der Waals surface area contributed by atoms with Crippen LogP contribution in [0.15, 0.2) is 18.2 Å². The summed E-state index contributed by atoms with van der Waals surface area (Å²) in [4.78, 5) is 27.7. The maximum atomic E-state index is 12.6. The molecule has 1 saturated carbocycles. The van der Waals surface area contributed by atoms with E-state index in [1.165, 1.54) is 31.7 Å². The second kappa shape index (κ2) is 8.62. The lowest BCUT2D eigenvalue weighted by molar-refractivity contribution is -0.144. The van der Waals surface area contributed by atoms with Crippen LogP contribution in [0, 0.1) is 12.8 Å². The number of carbonyl (C=O) groups is 2. The number of nitrogens with zero attached hydrogens (tertiary/aromatic N) is 2. The Morgan fingerprint density at radius 2 is 1.93 bits per heavy atom. The van der Waals surface area contributed by atoms with Crippen LogP contribution in [-0.4, -0.2) is 33.5 Å². The van der Waals surface area contributed by atoms with Crippen molar-refractivity contribution in [3.8, 4) is 0 Å². The molecule has 0 spiro atoms. The van der Waals surface area contributed by atoms with Gasteiger partial charge >= 0.3 is 6.18 Å². The summed E-state index contributed by atoms with van der Waals surface area (Å²) in [5, 5.41) is 10.3. The van der Waals surface area contributed by atoms with E-state index < -0.39 is 23.7 Å². The number of hydrogen-bond donors (Lipinski definition) is 3. The summed E-state index contributed by atoms with van der Waals surface area (Å²) in [6, 6.07) is 4.76. The van der Waals surface area contributed by atoms with Gasteiger partial charge in [0, 0.05) is 17.8 Å². The van der Waals surface area contributed by atoms with Crippen molar-refractivity contribution in [2.75, 3.05) is 11.9 Å². The molecule has 2 aromatic rings. The number of rotatable bonds is 6. The number of H-pyrrole nitrogens is 1. The highest BCUT2D eigenvalue weighted by atomic mass is 19.4. The van der Waals surface area contributed by atoms with Gasteiger partial charge in [-0.15, -0.1) is 5.10 Å². The fraction of sp³-hybridized carbons (Fsp3) is 0.474. The molecule has 0 atom stereocenters. The van der Waals surface area contributed by atoms with Crippen molar-refractivity contribution >= 4 is 17.5 Å². The van der Waals surface area contributed by atoms with Gasteiger partial charge in [0.05, 0.1) is 0 Å². The summed E-state index contributed by atoms with van der Waals surface area (Å²) in [7, 11) is 0. The Kier molecular flexibility index (Phi) is 6.19. The largest absolute Gasteiger partial charge is 0.451 e. The summed E-state index contributed by atoms with van der Waals surface area (Å²) in [6.45, 7) is 2.28. The molecule has 0 saturated heterocycles. The average molecular weight is 409 g/mol. The van der Waals surface area contributed by atoms with Gasteiger partial charge in [-0.25, -0.2) is 0 Å². The number of benzene rings is 1. The average Bonchev–Trinajstić information content (AvgIpc) is 3.34. The van der Waals surface area contributed by atoms with Crippen molar-refractivity contribution in [3.63, 3.8) is 0 Å². The Hall–Kier alpha value is -2.91. The van der Waals surface area contributed by atoms with Gasteiger partial charge in [0.1, 0.15) is 0 Å². The van der Waals surface area contributed by atoms with Crippen molar-refractivity contribution < 1.29 is 22.8 Å². The van der Waals surface area contributed by atoms with E-state index in [1.807, 2.05) is 0 Å². The Bertz CT molecular complexity index is 888. The zero-order chi connectivity index (χ0) is 21.0. The van der Waals surface area contributed by atoms with E-state index in [-0.39, 0.29) is 5.91 Å². The minimum atomic E-state index is -4.72. The van der Waals surface area contributed by atoms with Gasteiger partial charge in [0.2, 0.25) is 11.6 Å². The molecule has 0 unspecified atom stereocenters. The van der Waals surface area contributed by atoms with Crippen LogP contribution in [0.25, 0.3) is 0 Å². The predicted molar refractivity (Wildman–Crippen MR) is 99.4 cm³/mol. The SMILES string of the molecule is Cc1ccc(C(=O)NCCC2CCCC2)cc1NC(=O)c1n[nH]c(C(F)(F)F)n1. The first-order valence-corrected chi connectivity index (χ1v) is 9.44. The molecule has 0 bridgehead atoms. The van der Waals surface area contributed by atoms with Gasteiger partial charge in [-0.2, -0.15) is 18.2 Å². The third-order valence-corrected chi connectivity index (χ3v) is 5.02. The van der Waals surface area contributed by atoms with Crippen LogP contribution in [0.3, 0.4) is 0 Å². The van der Waals surface area contributed by atoms with Gasteiger partial charge in [0.15, 0.2) is 0 Å². The number of aromatic nitrogens is 3. The van der Waals surface area contributed by atoms with Gasteiger partial charge in [-0.05, 0) is 37.0 Å². The lowest BCUT2D eigenvalue weighted by Crippen LogP contribution is -2.26. The van der Waals surface area contributed by atoms with Gasteiger partial charge < -0.3 is 10.6 Å². The topological polar surface area (TPSA) is 99.8 Å². The highest BCUT2D eigenvalue weighted by Crippen LogP contribution is 2.27. The van der Waals surface area contributed by atoms with E-state index in [1.54, 1.807) is 24.2 Å². The van der Waals surface area contributed by atoms with Gasteiger partial charge in [-0.3, -0.25) is 14.7 Å². The second-order valence-corrected chi connectivity index (χ2v) is 7.18. The van der Waals surface area contributed by atoms with Crippen molar-refractivity contribution in [3.05, 3.63) is 41.0 Å². The molecule has 1 aromatic carbocycles. The number of nitrogens with one attached hydrogen (secondary N) is 3. The number of carbonyl (C=O) groups excluding carboxylic acids is 2. The number of anilines is 1. The monoisotopic (exact) mass is 409 g/mol. The first kappa shape index (κ1) is 20.8. The molecule has 1 aliphatic rings. The molecule has 1 fully saturated rings. The number of amides is 2. The molecule has 1 heterocycles. The quantitative estimate of drug-likeness (QED) is 0.677. The van der Waals surface area contributed by atoms with E-state index in [0.29, 0.717) is 29.3 Å². The molecule has 3 rings (SSSR count). The Balaban J connectivity index is 1.62. The molecule has 3 N–H and O–H groups in total. The summed E-state index contributed by atoms with van der Waals surface area (Å²) >= 11 is 0. The fourth-order valence-electron chi connectivity index (χ4n) is 3.36. The maximum absolute atomic E-state index is 12.6. The number of halogens is 3. The summed E-state index contributed by atoms with van der Waals surface area (Å²) in [6.07, 6.45) is 1.11. The van der Waals surface area contributed by atoms with Gasteiger partial charge in [0.25, 0.3) is 11.8 Å². The lowest BCUT2D eigenvalue weighted by Gasteiger charge is -2.12. The van der Waals surface area contributed by atoms with Crippen LogP contribution in [0.2, 0.25) is 0 Å². The van der Waals surface area contributed by atoms with E-state index in [9.17, 15) is 22.8 Å². The molecule has 7 nitrogen and oxygen atoms in total. The molecule has 1 aliphatic carbocycles. The minimum absolute atomic E-state index is 0.268. The molecule has 10 heteroatoms. The number of aromatic amines is 1. The third kappa shape index (κ3) is 5.33. The van der Waals surface area contributed by atoms with Crippen molar-refractivity contribution in [1.29, 1.82) is 0 Å². The summed E-state index contributed by atoms with van der Waals surface area (Å²) < 4.78 is 37.8. The summed E-state index contributed by atoms with van der Waals surface area (Å²) in [5.74, 6) is -2.50. The highest BCUT2D eigenvalue weighted by Gasteiger charge is 2.36.